The zero-order valence-corrected chi connectivity index (χ0v) is 13.1. The van der Waals surface area contributed by atoms with Crippen molar-refractivity contribution in [2.45, 2.75) is 20.4 Å². The summed E-state index contributed by atoms with van der Waals surface area (Å²) in [6, 6.07) is 4.15. The number of pyridine rings is 1. The Morgan fingerprint density at radius 3 is 2.86 bits per heavy atom. The molecule has 3 aromatic rings. The van der Waals surface area contributed by atoms with Gasteiger partial charge in [-0.25, -0.2) is 4.98 Å². The van der Waals surface area contributed by atoms with Gasteiger partial charge in [-0.05, 0) is 37.1 Å². The Kier molecular flexibility index (Phi) is 3.70. The van der Waals surface area contributed by atoms with Crippen LogP contribution in [0.4, 0.5) is 11.8 Å². The molecule has 0 aliphatic heterocycles. The van der Waals surface area contributed by atoms with Crippen LogP contribution in [-0.4, -0.2) is 22.0 Å². The van der Waals surface area contributed by atoms with Gasteiger partial charge in [0.15, 0.2) is 0 Å². The van der Waals surface area contributed by atoms with Crippen LogP contribution in [-0.2, 0) is 6.54 Å². The molecule has 0 radical (unpaired) electrons. The topological polar surface area (TPSA) is 62.7 Å². The van der Waals surface area contributed by atoms with Gasteiger partial charge in [0.1, 0.15) is 10.6 Å². The highest BCUT2D eigenvalue weighted by atomic mass is 32.1. The molecule has 0 unspecified atom stereocenters. The monoisotopic (exact) mass is 299 g/mol. The lowest BCUT2D eigenvalue weighted by atomic mass is 10.1. The van der Waals surface area contributed by atoms with E-state index >= 15 is 0 Å². The molecular weight excluding hydrogens is 282 g/mol. The zero-order valence-electron chi connectivity index (χ0n) is 12.3. The van der Waals surface area contributed by atoms with Crippen molar-refractivity contribution in [2.75, 3.05) is 17.7 Å². The van der Waals surface area contributed by atoms with Crippen molar-refractivity contribution in [3.8, 4) is 0 Å². The Hall–Kier alpha value is -2.21. The lowest BCUT2D eigenvalue weighted by molar-refractivity contribution is 1.07. The molecule has 21 heavy (non-hydrogen) atoms. The number of aryl methyl sites for hydroxylation is 2. The fourth-order valence-electron chi connectivity index (χ4n) is 2.17. The van der Waals surface area contributed by atoms with E-state index in [2.05, 4.69) is 45.5 Å². The molecule has 5 nitrogen and oxygen atoms in total. The quantitative estimate of drug-likeness (QED) is 0.773. The Labute approximate surface area is 127 Å². The largest absolute Gasteiger partial charge is 0.365 e. The molecule has 2 N–H and O–H groups in total. The molecule has 0 aliphatic carbocycles. The van der Waals surface area contributed by atoms with Crippen LogP contribution in [0.25, 0.3) is 10.2 Å². The molecule has 0 bridgehead atoms. The molecule has 0 aromatic carbocycles. The SMILES string of the molecule is CNc1nc(NCc2ccncc2C)c2cc(C)sc2n1. The molecule has 6 heteroatoms. The van der Waals surface area contributed by atoms with E-state index in [4.69, 9.17) is 0 Å². The van der Waals surface area contributed by atoms with E-state index in [0.29, 0.717) is 5.95 Å². The maximum Gasteiger partial charge on any atom is 0.225 e. The van der Waals surface area contributed by atoms with E-state index in [1.54, 1.807) is 11.3 Å². The lowest BCUT2D eigenvalue weighted by Crippen LogP contribution is -2.06. The van der Waals surface area contributed by atoms with E-state index in [0.717, 1.165) is 22.6 Å². The van der Waals surface area contributed by atoms with Crippen molar-refractivity contribution in [3.05, 3.63) is 40.5 Å². The summed E-state index contributed by atoms with van der Waals surface area (Å²) in [5.74, 6) is 1.50. The summed E-state index contributed by atoms with van der Waals surface area (Å²) in [5, 5.41) is 7.51. The maximum absolute atomic E-state index is 4.54. The van der Waals surface area contributed by atoms with Crippen molar-refractivity contribution < 1.29 is 0 Å². The Bertz CT molecular complexity index is 781. The molecule has 0 spiro atoms. The summed E-state index contributed by atoms with van der Waals surface area (Å²) >= 11 is 1.68. The smallest absolute Gasteiger partial charge is 0.225 e. The number of thiophene rings is 1. The van der Waals surface area contributed by atoms with Gasteiger partial charge in [0.25, 0.3) is 0 Å². The minimum Gasteiger partial charge on any atom is -0.365 e. The fourth-order valence-corrected chi connectivity index (χ4v) is 3.05. The van der Waals surface area contributed by atoms with Crippen LogP contribution in [0.5, 0.6) is 0 Å². The molecule has 3 heterocycles. The van der Waals surface area contributed by atoms with Gasteiger partial charge in [0.2, 0.25) is 5.95 Å². The molecular formula is C15H17N5S. The van der Waals surface area contributed by atoms with Gasteiger partial charge in [-0.3, -0.25) is 4.98 Å². The number of anilines is 2. The van der Waals surface area contributed by atoms with Crippen LogP contribution in [0.3, 0.4) is 0 Å². The van der Waals surface area contributed by atoms with Gasteiger partial charge in [0, 0.05) is 30.9 Å². The Morgan fingerprint density at radius 2 is 2.10 bits per heavy atom. The number of aromatic nitrogens is 3. The first-order valence-electron chi connectivity index (χ1n) is 6.76. The van der Waals surface area contributed by atoms with E-state index in [1.165, 1.54) is 16.0 Å². The van der Waals surface area contributed by atoms with E-state index < -0.39 is 0 Å². The van der Waals surface area contributed by atoms with E-state index in [-0.39, 0.29) is 0 Å². The lowest BCUT2D eigenvalue weighted by Gasteiger charge is -2.10. The van der Waals surface area contributed by atoms with Gasteiger partial charge >= 0.3 is 0 Å². The van der Waals surface area contributed by atoms with Gasteiger partial charge in [-0.1, -0.05) is 0 Å². The third-order valence-electron chi connectivity index (χ3n) is 3.32. The maximum atomic E-state index is 4.54. The number of fused-ring (bicyclic) bond motifs is 1. The second-order valence-corrected chi connectivity index (χ2v) is 6.11. The molecule has 3 aromatic heterocycles. The predicted molar refractivity (Wildman–Crippen MR) is 88.0 cm³/mol. The second-order valence-electron chi connectivity index (χ2n) is 4.88. The summed E-state index contributed by atoms with van der Waals surface area (Å²) in [5.41, 5.74) is 2.39. The number of nitrogens with zero attached hydrogens (tertiary/aromatic N) is 3. The van der Waals surface area contributed by atoms with E-state index in [9.17, 15) is 0 Å². The molecule has 108 valence electrons. The molecule has 0 atom stereocenters. The fraction of sp³-hybridized carbons (Fsp3) is 0.267. The van der Waals surface area contributed by atoms with Crippen LogP contribution in [0.2, 0.25) is 0 Å². The van der Waals surface area contributed by atoms with Crippen molar-refractivity contribution >= 4 is 33.3 Å². The molecule has 0 saturated carbocycles. The number of rotatable bonds is 4. The van der Waals surface area contributed by atoms with Gasteiger partial charge in [0.05, 0.1) is 5.39 Å². The summed E-state index contributed by atoms with van der Waals surface area (Å²) in [4.78, 5) is 15.4. The summed E-state index contributed by atoms with van der Waals surface area (Å²) in [6.45, 7) is 4.87. The van der Waals surface area contributed by atoms with Crippen LogP contribution in [0.15, 0.2) is 24.5 Å². The third kappa shape index (κ3) is 2.80. The van der Waals surface area contributed by atoms with Crippen molar-refractivity contribution in [1.82, 2.24) is 15.0 Å². The zero-order chi connectivity index (χ0) is 14.8. The average Bonchev–Trinajstić information content (AvgIpc) is 2.86. The third-order valence-corrected chi connectivity index (χ3v) is 4.27. The molecule has 0 saturated heterocycles. The van der Waals surface area contributed by atoms with Crippen molar-refractivity contribution in [3.63, 3.8) is 0 Å². The average molecular weight is 299 g/mol. The van der Waals surface area contributed by atoms with E-state index in [1.807, 2.05) is 25.5 Å². The van der Waals surface area contributed by atoms with Crippen molar-refractivity contribution in [1.29, 1.82) is 0 Å². The van der Waals surface area contributed by atoms with Crippen LogP contribution in [0, 0.1) is 13.8 Å². The number of hydrogen-bond acceptors (Lipinski definition) is 6. The summed E-state index contributed by atoms with van der Waals surface area (Å²) in [7, 11) is 1.83. The van der Waals surface area contributed by atoms with Crippen LogP contribution in [0.1, 0.15) is 16.0 Å². The summed E-state index contributed by atoms with van der Waals surface area (Å²) in [6.07, 6.45) is 3.69. The Morgan fingerprint density at radius 1 is 1.24 bits per heavy atom. The second kappa shape index (κ2) is 5.65. The van der Waals surface area contributed by atoms with Gasteiger partial charge in [-0.15, -0.1) is 11.3 Å². The molecule has 0 fully saturated rings. The van der Waals surface area contributed by atoms with Gasteiger partial charge in [-0.2, -0.15) is 4.98 Å². The highest BCUT2D eigenvalue weighted by molar-refractivity contribution is 7.18. The molecule has 0 amide bonds. The minimum absolute atomic E-state index is 0.637. The predicted octanol–water partition coefficient (Wildman–Crippen LogP) is 3.36. The minimum atomic E-state index is 0.637. The standard InChI is InChI=1S/C15H17N5S/c1-9-7-17-5-4-11(9)8-18-13-12-6-10(2)21-14(12)20-15(16-3)19-13/h4-7H,8H2,1-3H3,(H2,16,18,19,20). The Balaban J connectivity index is 1.94. The number of hydrogen-bond donors (Lipinski definition) is 2. The van der Waals surface area contributed by atoms with Crippen molar-refractivity contribution in [2.24, 2.45) is 0 Å². The first-order chi connectivity index (χ1) is 10.2. The van der Waals surface area contributed by atoms with Crippen LogP contribution < -0.4 is 10.6 Å². The van der Waals surface area contributed by atoms with Gasteiger partial charge < -0.3 is 10.6 Å². The number of nitrogens with one attached hydrogen (secondary N) is 2. The summed E-state index contributed by atoms with van der Waals surface area (Å²) < 4.78 is 0. The normalized spacial score (nSPS) is 10.8. The van der Waals surface area contributed by atoms with Crippen LogP contribution >= 0.6 is 11.3 Å². The highest BCUT2D eigenvalue weighted by Gasteiger charge is 2.10. The molecule has 3 rings (SSSR count). The molecule has 0 aliphatic rings. The highest BCUT2D eigenvalue weighted by Crippen LogP contribution is 2.29. The first-order valence-corrected chi connectivity index (χ1v) is 7.58. The first kappa shape index (κ1) is 13.8.